The van der Waals surface area contributed by atoms with E-state index in [1.54, 1.807) is 0 Å². The third-order valence-corrected chi connectivity index (χ3v) is 5.91. The van der Waals surface area contributed by atoms with Gasteiger partial charge >= 0.3 is 0 Å². The fourth-order valence-electron chi connectivity index (χ4n) is 4.03. The summed E-state index contributed by atoms with van der Waals surface area (Å²) < 4.78 is 0. The summed E-state index contributed by atoms with van der Waals surface area (Å²) in [5, 5.41) is 8.82. The highest BCUT2D eigenvalue weighted by Gasteiger charge is 2.02. The lowest BCUT2D eigenvalue weighted by Gasteiger charge is -2.07. The van der Waals surface area contributed by atoms with Gasteiger partial charge in [0.1, 0.15) is 0 Å². The molecule has 0 saturated carbocycles. The molecule has 0 heterocycles. The second-order valence-corrected chi connectivity index (χ2v) is 9.07. The summed E-state index contributed by atoms with van der Waals surface area (Å²) in [5.74, 6) is 0. The summed E-state index contributed by atoms with van der Waals surface area (Å²) in [6, 6.07) is 13.9. The smallest absolute Gasteiger partial charge is 0.0568 e. The third kappa shape index (κ3) is 9.94. The van der Waals surface area contributed by atoms with Crippen LogP contribution in [0.4, 0.5) is 0 Å². The first kappa shape index (κ1) is 26.0. The largest absolute Gasteiger partial charge is 0.159 e. The quantitative estimate of drug-likeness (QED) is 0.199. The van der Waals surface area contributed by atoms with Gasteiger partial charge in [-0.15, -0.1) is 0 Å². The molecule has 0 atom stereocenters. The van der Waals surface area contributed by atoms with E-state index >= 15 is 0 Å². The molecular weight excluding hydrogens is 388 g/mol. The highest BCUT2D eigenvalue weighted by molar-refractivity contribution is 5.83. The molecule has 0 aliphatic carbocycles. The van der Waals surface area contributed by atoms with Crippen molar-refractivity contribution in [3.63, 3.8) is 0 Å². The van der Waals surface area contributed by atoms with Crippen LogP contribution in [-0.4, -0.2) is 12.4 Å². The van der Waals surface area contributed by atoms with Gasteiger partial charge in [-0.3, -0.25) is 0 Å². The van der Waals surface area contributed by atoms with E-state index in [1.807, 2.05) is 12.4 Å². The fourth-order valence-corrected chi connectivity index (χ4v) is 4.03. The van der Waals surface area contributed by atoms with Gasteiger partial charge in [-0.25, -0.2) is 0 Å². The molecule has 0 fully saturated rings. The van der Waals surface area contributed by atoms with Gasteiger partial charge in [0.2, 0.25) is 0 Å². The molecular formula is C30H44N2. The zero-order valence-electron chi connectivity index (χ0n) is 21.0. The molecule has 0 spiro atoms. The van der Waals surface area contributed by atoms with Crippen LogP contribution in [0.25, 0.3) is 0 Å². The Kier molecular flexibility index (Phi) is 12.7. The van der Waals surface area contributed by atoms with E-state index in [0.29, 0.717) is 0 Å². The molecule has 2 nitrogen and oxygen atoms in total. The first-order valence-electron chi connectivity index (χ1n) is 13.0. The number of nitrogens with zero attached hydrogens (tertiary/aromatic N) is 2. The molecule has 0 N–H and O–H groups in total. The van der Waals surface area contributed by atoms with Gasteiger partial charge in [0, 0.05) is 0 Å². The second-order valence-electron chi connectivity index (χ2n) is 9.07. The Balaban J connectivity index is 2.15. The molecule has 0 radical (unpaired) electrons. The summed E-state index contributed by atoms with van der Waals surface area (Å²) in [5.41, 5.74) is 8.04. The molecule has 0 saturated heterocycles. The van der Waals surface area contributed by atoms with Crippen molar-refractivity contribution >= 4 is 12.4 Å². The lowest BCUT2D eigenvalue weighted by molar-refractivity contribution is 0.780. The fraction of sp³-hybridized carbons (Fsp3) is 0.533. The normalized spacial score (nSPS) is 11.8. The van der Waals surface area contributed by atoms with E-state index < -0.39 is 0 Å². The SMILES string of the molecule is CCCCc1cc(C=NN=Cc2cc(CCCC)cc(CCCC)c2)cc(CCCC)c1. The van der Waals surface area contributed by atoms with E-state index in [9.17, 15) is 0 Å². The van der Waals surface area contributed by atoms with Gasteiger partial charge in [0.25, 0.3) is 0 Å². The molecule has 0 aromatic heterocycles. The first-order chi connectivity index (χ1) is 15.7. The molecule has 174 valence electrons. The van der Waals surface area contributed by atoms with Crippen LogP contribution >= 0.6 is 0 Å². The molecule has 2 heteroatoms. The van der Waals surface area contributed by atoms with Crippen molar-refractivity contribution in [2.75, 3.05) is 0 Å². The molecule has 32 heavy (non-hydrogen) atoms. The number of hydrogen-bond donors (Lipinski definition) is 0. The van der Waals surface area contributed by atoms with Gasteiger partial charge in [-0.05, 0) is 84.7 Å². The van der Waals surface area contributed by atoms with E-state index in [2.05, 4.69) is 74.3 Å². The van der Waals surface area contributed by atoms with Gasteiger partial charge in [-0.2, -0.15) is 10.2 Å². The van der Waals surface area contributed by atoms with Gasteiger partial charge < -0.3 is 0 Å². The molecule has 2 aromatic carbocycles. The minimum atomic E-state index is 1.14. The highest BCUT2D eigenvalue weighted by Crippen LogP contribution is 2.16. The second kappa shape index (κ2) is 15.6. The topological polar surface area (TPSA) is 24.7 Å². The molecule has 2 rings (SSSR count). The molecule has 0 unspecified atom stereocenters. The number of hydrogen-bond acceptors (Lipinski definition) is 2. The molecule has 0 aliphatic heterocycles. The Morgan fingerprint density at radius 1 is 0.469 bits per heavy atom. The predicted molar refractivity (Wildman–Crippen MR) is 143 cm³/mol. The van der Waals surface area contributed by atoms with Crippen molar-refractivity contribution in [1.82, 2.24) is 0 Å². The van der Waals surface area contributed by atoms with E-state index in [4.69, 9.17) is 0 Å². The number of aryl methyl sites for hydroxylation is 4. The predicted octanol–water partition coefficient (Wildman–Crippen LogP) is 8.51. The summed E-state index contributed by atoms with van der Waals surface area (Å²) in [6.07, 6.45) is 18.3. The molecule has 2 aromatic rings. The summed E-state index contributed by atoms with van der Waals surface area (Å²) in [4.78, 5) is 0. The number of benzene rings is 2. The monoisotopic (exact) mass is 432 g/mol. The molecule has 0 amide bonds. The summed E-state index contributed by atoms with van der Waals surface area (Å²) in [6.45, 7) is 9.01. The van der Waals surface area contributed by atoms with Crippen molar-refractivity contribution in [3.05, 3.63) is 69.8 Å². The van der Waals surface area contributed by atoms with Crippen molar-refractivity contribution in [2.45, 2.75) is 105 Å². The van der Waals surface area contributed by atoms with E-state index in [-0.39, 0.29) is 0 Å². The standard InChI is InChI=1S/C30H44N2/c1-5-9-13-25-17-26(14-10-6-2)20-29(19-25)23-31-32-24-30-21-27(15-11-7-3)18-28(22-30)16-12-8-4/h17-24H,5-16H2,1-4H3. The van der Waals surface area contributed by atoms with Crippen LogP contribution in [0.5, 0.6) is 0 Å². The Labute approximate surface area is 197 Å². The van der Waals surface area contributed by atoms with Gasteiger partial charge in [0.05, 0.1) is 12.4 Å². The van der Waals surface area contributed by atoms with Crippen molar-refractivity contribution < 1.29 is 0 Å². The lowest BCUT2D eigenvalue weighted by Crippen LogP contribution is -1.95. The van der Waals surface area contributed by atoms with Crippen molar-refractivity contribution in [2.24, 2.45) is 10.2 Å². The number of rotatable bonds is 15. The van der Waals surface area contributed by atoms with Crippen LogP contribution in [0.1, 0.15) is 112 Å². The van der Waals surface area contributed by atoms with E-state index in [0.717, 1.165) is 25.7 Å². The maximum atomic E-state index is 4.41. The van der Waals surface area contributed by atoms with E-state index in [1.165, 1.54) is 84.7 Å². The average Bonchev–Trinajstić information content (AvgIpc) is 2.81. The van der Waals surface area contributed by atoms with Crippen LogP contribution in [-0.2, 0) is 25.7 Å². The summed E-state index contributed by atoms with van der Waals surface area (Å²) in [7, 11) is 0. The van der Waals surface area contributed by atoms with Gasteiger partial charge in [0.15, 0.2) is 0 Å². The zero-order chi connectivity index (χ0) is 23.0. The van der Waals surface area contributed by atoms with Gasteiger partial charge in [-0.1, -0.05) is 89.8 Å². The third-order valence-electron chi connectivity index (χ3n) is 5.91. The molecule has 0 bridgehead atoms. The Bertz CT molecular complexity index is 724. The van der Waals surface area contributed by atoms with Crippen LogP contribution in [0.3, 0.4) is 0 Å². The number of unbranched alkanes of at least 4 members (excludes halogenated alkanes) is 4. The molecule has 0 aliphatic rings. The van der Waals surface area contributed by atoms with Crippen molar-refractivity contribution in [1.29, 1.82) is 0 Å². The minimum Gasteiger partial charge on any atom is -0.159 e. The Morgan fingerprint density at radius 2 is 0.750 bits per heavy atom. The maximum absolute atomic E-state index is 4.41. The Morgan fingerprint density at radius 3 is 1.00 bits per heavy atom. The van der Waals surface area contributed by atoms with Crippen LogP contribution in [0, 0.1) is 0 Å². The first-order valence-corrected chi connectivity index (χ1v) is 13.0. The zero-order valence-corrected chi connectivity index (χ0v) is 21.0. The maximum Gasteiger partial charge on any atom is 0.0568 e. The van der Waals surface area contributed by atoms with Crippen LogP contribution < -0.4 is 0 Å². The lowest BCUT2D eigenvalue weighted by atomic mass is 9.99. The Hall–Kier alpha value is -2.22. The minimum absolute atomic E-state index is 1.14. The summed E-state index contributed by atoms with van der Waals surface area (Å²) >= 11 is 0. The van der Waals surface area contributed by atoms with Crippen LogP contribution in [0.15, 0.2) is 46.6 Å². The van der Waals surface area contributed by atoms with Crippen LogP contribution in [0.2, 0.25) is 0 Å². The average molecular weight is 433 g/mol. The van der Waals surface area contributed by atoms with Crippen molar-refractivity contribution in [3.8, 4) is 0 Å². The highest BCUT2D eigenvalue weighted by atomic mass is 15.2.